The highest BCUT2D eigenvalue weighted by Crippen LogP contribution is 2.48. The first kappa shape index (κ1) is 71.7. The Bertz CT molecular complexity index is 2490. The second-order valence-electron chi connectivity index (χ2n) is 27.8. The van der Waals surface area contributed by atoms with E-state index >= 15 is 0 Å². The maximum absolute atomic E-state index is 14.7. The summed E-state index contributed by atoms with van der Waals surface area (Å²) in [7, 11) is 2.99. The van der Waals surface area contributed by atoms with E-state index in [4.69, 9.17) is 18.9 Å². The quantitative estimate of drug-likeness (QED) is 0.0675. The van der Waals surface area contributed by atoms with Gasteiger partial charge in [-0.05, 0) is 127 Å². The summed E-state index contributed by atoms with van der Waals surface area (Å²) in [4.78, 5) is 117. The Hall–Kier alpha value is -5.38. The Balaban J connectivity index is 0.917. The van der Waals surface area contributed by atoms with Gasteiger partial charge in [-0.3, -0.25) is 38.6 Å². The van der Waals surface area contributed by atoms with Crippen LogP contribution in [0.15, 0.2) is 60.7 Å². The predicted molar refractivity (Wildman–Crippen MR) is 345 cm³/mol. The summed E-state index contributed by atoms with van der Waals surface area (Å²) < 4.78 is 23.5. The Morgan fingerprint density at radius 2 is 0.989 bits per heavy atom. The van der Waals surface area contributed by atoms with Crippen molar-refractivity contribution in [2.24, 2.45) is 10.8 Å². The number of carbonyl (C=O) groups excluding carboxylic acids is 8. The normalized spacial score (nSPS) is 23.0. The smallest absolute Gasteiger partial charge is 0.410 e. The van der Waals surface area contributed by atoms with Gasteiger partial charge in [0, 0.05) is 39.6 Å². The van der Waals surface area contributed by atoms with E-state index in [0.717, 1.165) is 62.5 Å². The molecule has 10 atom stereocenters. The minimum Gasteiger partial charge on any atom is -0.444 e. The third kappa shape index (κ3) is 20.1. The lowest BCUT2D eigenvalue weighted by Crippen LogP contribution is -2.58. The fourth-order valence-electron chi connectivity index (χ4n) is 12.1. The molecule has 4 aliphatic rings. The van der Waals surface area contributed by atoms with Gasteiger partial charge < -0.3 is 44.7 Å². The minimum atomic E-state index is -0.901. The number of Topliss-reactive ketones (excluding diaryl/α,β-unsaturated/α-hetero) is 1. The average Bonchev–Trinajstić information content (AvgIpc) is 1.78. The molecular formula is C67H103N7O12S2. The fraction of sp³-hybridized carbons (Fsp3) is 0.701. The van der Waals surface area contributed by atoms with Gasteiger partial charge in [0.25, 0.3) is 0 Å². The molecule has 2 aromatic rings. The molecule has 4 aliphatic heterocycles. The number of ether oxygens (including phenoxy) is 4. The molecule has 0 saturated carbocycles. The van der Waals surface area contributed by atoms with E-state index < -0.39 is 88.3 Å². The molecule has 19 nitrogen and oxygen atoms in total. The summed E-state index contributed by atoms with van der Waals surface area (Å²) in [5.74, 6) is -0.783. The molecule has 6 rings (SSSR count). The van der Waals surface area contributed by atoms with E-state index in [1.54, 1.807) is 88.7 Å². The molecule has 4 saturated heterocycles. The second kappa shape index (κ2) is 32.1. The molecule has 0 bridgehead atoms. The Morgan fingerprint density at radius 1 is 0.591 bits per heavy atom. The number of thioether (sulfide) groups is 2. The van der Waals surface area contributed by atoms with Crippen molar-refractivity contribution in [2.75, 3.05) is 52.0 Å². The Labute approximate surface area is 532 Å². The van der Waals surface area contributed by atoms with Crippen LogP contribution in [0.5, 0.6) is 0 Å². The molecule has 21 heteroatoms. The number of hydrogen-bond donors (Lipinski definition) is 3. The molecule has 3 N–H and O–H groups in total. The lowest BCUT2D eigenvalue weighted by atomic mass is 9.79. The lowest BCUT2D eigenvalue weighted by Gasteiger charge is -2.35. The van der Waals surface area contributed by atoms with Gasteiger partial charge in [0.15, 0.2) is 5.78 Å². The highest BCUT2D eigenvalue weighted by molar-refractivity contribution is 8.00. The maximum atomic E-state index is 14.7. The van der Waals surface area contributed by atoms with Crippen molar-refractivity contribution in [1.29, 1.82) is 0 Å². The van der Waals surface area contributed by atoms with E-state index in [1.807, 2.05) is 74.5 Å². The second-order valence-corrected chi connectivity index (χ2v) is 30.4. The van der Waals surface area contributed by atoms with Crippen molar-refractivity contribution in [1.82, 2.24) is 35.6 Å². The molecule has 0 radical (unpaired) electrons. The molecule has 490 valence electrons. The summed E-state index contributed by atoms with van der Waals surface area (Å²) >= 11 is 3.27. The molecule has 0 aliphatic carbocycles. The van der Waals surface area contributed by atoms with Crippen LogP contribution in [0.3, 0.4) is 0 Å². The topological polar surface area (TPSA) is 223 Å². The van der Waals surface area contributed by atoms with Crippen LogP contribution in [-0.2, 0) is 47.7 Å². The van der Waals surface area contributed by atoms with Crippen molar-refractivity contribution < 1.29 is 57.3 Å². The number of hydrogen-bond acceptors (Lipinski definition) is 14. The van der Waals surface area contributed by atoms with E-state index in [2.05, 4.69) is 29.8 Å². The first-order valence-corrected chi connectivity index (χ1v) is 34.0. The van der Waals surface area contributed by atoms with Gasteiger partial charge in [0.1, 0.15) is 41.4 Å². The number of likely N-dealkylation sites (N-methyl/N-ethyl adjacent to an activating group) is 2. The van der Waals surface area contributed by atoms with Gasteiger partial charge in [-0.2, -0.15) is 0 Å². The first-order valence-electron chi connectivity index (χ1n) is 31.9. The molecule has 4 heterocycles. The molecule has 88 heavy (non-hydrogen) atoms. The van der Waals surface area contributed by atoms with Crippen LogP contribution < -0.4 is 16.0 Å². The molecule has 2 aromatic carbocycles. The zero-order valence-electron chi connectivity index (χ0n) is 55.0. The molecule has 1 unspecified atom stereocenters. The molecule has 0 aromatic heterocycles. The van der Waals surface area contributed by atoms with Crippen molar-refractivity contribution in [3.63, 3.8) is 0 Å². The molecule has 7 amide bonds. The third-order valence-electron chi connectivity index (χ3n) is 17.2. The Kier molecular flexibility index (Phi) is 26.1. The van der Waals surface area contributed by atoms with E-state index in [0.29, 0.717) is 57.0 Å². The van der Waals surface area contributed by atoms with Gasteiger partial charge in [0.05, 0.1) is 36.0 Å². The van der Waals surface area contributed by atoms with Gasteiger partial charge in [0.2, 0.25) is 29.5 Å². The summed E-state index contributed by atoms with van der Waals surface area (Å²) in [6.45, 7) is 23.6. The number of nitrogens with zero attached hydrogens (tertiary/aromatic N) is 4. The van der Waals surface area contributed by atoms with Crippen molar-refractivity contribution in [3.8, 4) is 0 Å². The van der Waals surface area contributed by atoms with Gasteiger partial charge >= 0.3 is 12.2 Å². The number of nitrogens with one attached hydrogen (secondary N) is 3. The predicted octanol–water partition coefficient (Wildman–Crippen LogP) is 10.4. The van der Waals surface area contributed by atoms with Crippen molar-refractivity contribution in [3.05, 3.63) is 71.8 Å². The summed E-state index contributed by atoms with van der Waals surface area (Å²) in [6, 6.07) is 14.3. The van der Waals surface area contributed by atoms with E-state index in [-0.39, 0.29) is 53.2 Å². The average molecular weight is 1260 g/mol. The Morgan fingerprint density at radius 3 is 1.43 bits per heavy atom. The van der Waals surface area contributed by atoms with E-state index in [9.17, 15) is 38.4 Å². The van der Waals surface area contributed by atoms with Crippen LogP contribution in [-0.4, -0.2) is 177 Å². The van der Waals surface area contributed by atoms with Crippen LogP contribution in [0.25, 0.3) is 0 Å². The number of unbranched alkanes of at least 4 members (excludes halogenated alkanes) is 7. The molecular weight excluding hydrogens is 1160 g/mol. The van der Waals surface area contributed by atoms with Gasteiger partial charge in [-0.25, -0.2) is 9.59 Å². The SMILES string of the molecule is C[C@@H](C(=O)N[C@H]1CCS[C@H]2CC(C)(C)C(C(=O)C[C@H](COCCCCCCCCCCOC[C@@H](NC(=O)[C@H]3N4C(=O)[C@@H](NC(=O)[C@H](C)N(C)C(=O)OC(C)(C)C)CCS[C@H]4CC3(C)C)c3ccccc3)c3ccccc3)N2C1=O)N(C)C(=O)OC(C)(C)C. The fourth-order valence-corrected chi connectivity index (χ4v) is 15.3. The number of amides is 7. The van der Waals surface area contributed by atoms with Crippen LogP contribution in [0.4, 0.5) is 9.59 Å². The number of benzene rings is 2. The van der Waals surface area contributed by atoms with Crippen molar-refractivity contribution in [2.45, 2.75) is 237 Å². The molecule has 4 fully saturated rings. The highest BCUT2D eigenvalue weighted by Gasteiger charge is 2.56. The van der Waals surface area contributed by atoms with Crippen LogP contribution in [0.2, 0.25) is 0 Å². The number of ketones is 1. The van der Waals surface area contributed by atoms with Crippen molar-refractivity contribution >= 4 is 71.0 Å². The van der Waals surface area contributed by atoms with Gasteiger partial charge in [-0.15, -0.1) is 23.5 Å². The lowest BCUT2D eigenvalue weighted by molar-refractivity contribution is -0.144. The first-order chi connectivity index (χ1) is 41.4. The largest absolute Gasteiger partial charge is 0.444 e. The summed E-state index contributed by atoms with van der Waals surface area (Å²) in [6.07, 6.45) is 9.19. The van der Waals surface area contributed by atoms with E-state index in [1.165, 1.54) is 23.9 Å². The van der Waals surface area contributed by atoms with Gasteiger partial charge in [-0.1, -0.05) is 127 Å². The highest BCUT2D eigenvalue weighted by atomic mass is 32.2. The zero-order chi connectivity index (χ0) is 64.7. The molecule has 0 spiro atoms. The number of fused-ring (bicyclic) bond motifs is 2. The minimum absolute atomic E-state index is 0.0233. The third-order valence-corrected chi connectivity index (χ3v) is 19.7. The number of rotatable bonds is 28. The van der Waals surface area contributed by atoms with Crippen LogP contribution in [0, 0.1) is 10.8 Å². The van der Waals surface area contributed by atoms with Crippen LogP contribution in [0.1, 0.15) is 190 Å². The standard InChI is InChI=1S/C67H103N7O12S2/c1-44(71(13)62(81)85-64(3,4)5)57(76)68-49-33-37-87-53-40-66(9,10)55(73(53)60(49)79)52(75)39-48(46-29-23-21-24-30-46)42-83-35-27-19-17-15-16-18-20-28-36-84-43-51(47-31-25-22-26-32-47)70-59(78)56-67(11,12)41-54-74(56)61(80)50(34-38-88-54)69-58(77)45(2)72(14)63(82)86-65(6,7)8/h21-26,29-32,44-45,48-51,53-56H,15-20,27-28,33-43H2,1-14H3,(H,68,76)(H,69,77)(H,70,78)/t44-,45-,48+,49-,50-,51+,53-,54-,55?,56+/m0/s1. The summed E-state index contributed by atoms with van der Waals surface area (Å²) in [5.41, 5.74) is -0.624. The number of carbonyl (C=O) groups is 8. The zero-order valence-corrected chi connectivity index (χ0v) is 56.6. The monoisotopic (exact) mass is 1260 g/mol. The van der Waals surface area contributed by atoms with Crippen LogP contribution >= 0.6 is 23.5 Å². The summed E-state index contributed by atoms with van der Waals surface area (Å²) in [5, 5.41) is 8.64. The maximum Gasteiger partial charge on any atom is 0.410 e.